The Balaban J connectivity index is 2.63. The summed E-state index contributed by atoms with van der Waals surface area (Å²) in [5.74, 6) is -1.80. The average molecular weight is 383 g/mol. The van der Waals surface area contributed by atoms with E-state index in [0.717, 1.165) is 19.3 Å². The van der Waals surface area contributed by atoms with Gasteiger partial charge >= 0.3 is 5.97 Å². The van der Waals surface area contributed by atoms with Crippen LogP contribution in [-0.2, 0) is 9.59 Å². The van der Waals surface area contributed by atoms with E-state index in [1.807, 2.05) is 26.0 Å². The second kappa shape index (κ2) is 11.4. The quantitative estimate of drug-likeness (QED) is 0.373. The lowest BCUT2D eigenvalue weighted by Gasteiger charge is -2.29. The molecule has 0 amide bonds. The zero-order chi connectivity index (χ0) is 20.4. The van der Waals surface area contributed by atoms with Gasteiger partial charge in [-0.25, -0.2) is 4.39 Å². The molecule has 1 rings (SSSR count). The molecular formula is C22H35FO4. The van der Waals surface area contributed by atoms with Crippen molar-refractivity contribution in [1.29, 1.82) is 0 Å². The van der Waals surface area contributed by atoms with Crippen molar-refractivity contribution in [2.24, 2.45) is 17.3 Å². The van der Waals surface area contributed by atoms with Gasteiger partial charge in [0.15, 0.2) is 0 Å². The molecule has 0 aromatic heterocycles. The van der Waals surface area contributed by atoms with Crippen molar-refractivity contribution in [2.45, 2.75) is 84.4 Å². The number of carbonyl (C=O) groups is 2. The predicted molar refractivity (Wildman–Crippen MR) is 105 cm³/mol. The van der Waals surface area contributed by atoms with Gasteiger partial charge in [0.2, 0.25) is 0 Å². The third-order valence-electron chi connectivity index (χ3n) is 5.50. The number of aliphatic hydroxyl groups excluding tert-OH is 1. The first-order valence-electron chi connectivity index (χ1n) is 10.1. The highest BCUT2D eigenvalue weighted by atomic mass is 19.1. The highest BCUT2D eigenvalue weighted by Gasteiger charge is 2.40. The fourth-order valence-electron chi connectivity index (χ4n) is 3.50. The molecule has 1 fully saturated rings. The van der Waals surface area contributed by atoms with E-state index < -0.39 is 30.1 Å². The number of allylic oxidation sites excluding steroid dienone is 3. The molecule has 0 spiro atoms. The van der Waals surface area contributed by atoms with Gasteiger partial charge in [0.05, 0.1) is 6.10 Å². The Morgan fingerprint density at radius 1 is 1.33 bits per heavy atom. The van der Waals surface area contributed by atoms with Crippen LogP contribution in [0.25, 0.3) is 0 Å². The summed E-state index contributed by atoms with van der Waals surface area (Å²) in [5.41, 5.74) is -0.277. The fourth-order valence-corrected chi connectivity index (χ4v) is 3.50. The molecule has 5 heteroatoms. The maximum Gasteiger partial charge on any atom is 0.303 e. The molecule has 0 aromatic rings. The number of unbranched alkanes of at least 4 members (excludes halogenated alkanes) is 2. The lowest BCUT2D eigenvalue weighted by Crippen LogP contribution is -2.28. The van der Waals surface area contributed by atoms with Crippen LogP contribution in [0.1, 0.15) is 72.1 Å². The number of Topliss-reactive ketones (excluding diaryl/α,β-unsaturated/α-hetero) is 1. The number of hydrogen-bond donors (Lipinski definition) is 2. The van der Waals surface area contributed by atoms with Crippen LogP contribution < -0.4 is 0 Å². The maximum atomic E-state index is 14.3. The third-order valence-corrected chi connectivity index (χ3v) is 5.50. The van der Waals surface area contributed by atoms with E-state index >= 15 is 0 Å². The van der Waals surface area contributed by atoms with Crippen molar-refractivity contribution in [1.82, 2.24) is 0 Å². The molecule has 27 heavy (non-hydrogen) atoms. The Morgan fingerprint density at radius 3 is 2.67 bits per heavy atom. The van der Waals surface area contributed by atoms with Crippen molar-refractivity contribution in [2.75, 3.05) is 0 Å². The Hall–Kier alpha value is -1.49. The smallest absolute Gasteiger partial charge is 0.303 e. The number of carboxylic acid groups (broad SMARTS) is 1. The minimum Gasteiger partial charge on any atom is -0.481 e. The molecule has 0 saturated heterocycles. The number of carbonyl (C=O) groups excluding carboxylic acids is 1. The van der Waals surface area contributed by atoms with Crippen LogP contribution in [0, 0.1) is 17.3 Å². The summed E-state index contributed by atoms with van der Waals surface area (Å²) in [7, 11) is 0. The van der Waals surface area contributed by atoms with Crippen molar-refractivity contribution in [3.05, 3.63) is 24.3 Å². The minimum atomic E-state index is -1.20. The van der Waals surface area contributed by atoms with E-state index in [9.17, 15) is 19.1 Å². The van der Waals surface area contributed by atoms with E-state index in [4.69, 9.17) is 5.11 Å². The van der Waals surface area contributed by atoms with Gasteiger partial charge in [-0.3, -0.25) is 9.59 Å². The number of halogens is 1. The largest absolute Gasteiger partial charge is 0.481 e. The van der Waals surface area contributed by atoms with Crippen LogP contribution in [0.5, 0.6) is 0 Å². The highest BCUT2D eigenvalue weighted by molar-refractivity contribution is 5.84. The molecule has 1 saturated carbocycles. The number of hydrogen-bond acceptors (Lipinski definition) is 3. The van der Waals surface area contributed by atoms with Crippen LogP contribution in [-0.4, -0.2) is 34.2 Å². The van der Waals surface area contributed by atoms with Gasteiger partial charge in [-0.1, -0.05) is 57.9 Å². The number of aliphatic hydroxyl groups is 1. The summed E-state index contributed by atoms with van der Waals surface area (Å²) < 4.78 is 14.3. The van der Waals surface area contributed by atoms with Gasteiger partial charge < -0.3 is 10.2 Å². The monoisotopic (exact) mass is 382 g/mol. The number of carboxylic acids is 1. The zero-order valence-corrected chi connectivity index (χ0v) is 16.9. The average Bonchev–Trinajstić information content (AvgIpc) is 2.86. The van der Waals surface area contributed by atoms with Crippen LogP contribution in [0.15, 0.2) is 24.3 Å². The van der Waals surface area contributed by atoms with Crippen molar-refractivity contribution >= 4 is 11.8 Å². The van der Waals surface area contributed by atoms with E-state index in [1.54, 1.807) is 12.2 Å². The predicted octanol–water partition coefficient (Wildman–Crippen LogP) is 4.86. The Morgan fingerprint density at radius 2 is 2.04 bits per heavy atom. The molecule has 0 aliphatic heterocycles. The van der Waals surface area contributed by atoms with Gasteiger partial charge in [-0.2, -0.15) is 0 Å². The number of aliphatic carboxylic acids is 1. The Bertz CT molecular complexity index is 538. The summed E-state index contributed by atoms with van der Waals surface area (Å²) in [4.78, 5) is 22.6. The van der Waals surface area contributed by atoms with E-state index in [2.05, 4.69) is 6.92 Å². The maximum absolute atomic E-state index is 14.3. The molecule has 0 aromatic carbocycles. The van der Waals surface area contributed by atoms with Crippen LogP contribution in [0.4, 0.5) is 4.39 Å². The van der Waals surface area contributed by atoms with Crippen molar-refractivity contribution < 1.29 is 24.2 Å². The van der Waals surface area contributed by atoms with Crippen LogP contribution >= 0.6 is 0 Å². The van der Waals surface area contributed by atoms with Crippen molar-refractivity contribution in [3.8, 4) is 0 Å². The van der Waals surface area contributed by atoms with Crippen LogP contribution in [0.2, 0.25) is 0 Å². The zero-order valence-electron chi connectivity index (χ0n) is 16.9. The first kappa shape index (κ1) is 23.5. The molecule has 4 atom stereocenters. The fraction of sp³-hybridized carbons (Fsp3) is 0.727. The van der Waals surface area contributed by atoms with E-state index in [1.165, 1.54) is 0 Å². The SMILES string of the molecule is CCCCC(C)(C)[C@H](O)/C=C/[C@H]1[C@H](F)CC(=O)[C@@H]1C/C=C\CCCC(=O)O. The summed E-state index contributed by atoms with van der Waals surface area (Å²) in [5, 5.41) is 19.1. The lowest BCUT2D eigenvalue weighted by atomic mass is 9.80. The highest BCUT2D eigenvalue weighted by Crippen LogP contribution is 2.36. The van der Waals surface area contributed by atoms with Gasteiger partial charge in [0.25, 0.3) is 0 Å². The number of ketones is 1. The molecule has 0 unspecified atom stereocenters. The molecule has 0 radical (unpaired) electrons. The second-order valence-electron chi connectivity index (χ2n) is 8.29. The summed E-state index contributed by atoms with van der Waals surface area (Å²) >= 11 is 0. The number of rotatable bonds is 12. The van der Waals surface area contributed by atoms with Crippen LogP contribution in [0.3, 0.4) is 0 Å². The Labute approximate surface area is 162 Å². The van der Waals surface area contributed by atoms with Gasteiger partial charge in [-0.15, -0.1) is 0 Å². The van der Waals surface area contributed by atoms with E-state index in [-0.39, 0.29) is 24.0 Å². The standard InChI is InChI=1S/C22H35FO4/c1-4-5-14-22(2,3)20(25)13-12-16-17(19(24)15-18(16)23)10-8-6-7-9-11-21(26)27/h6,8,12-13,16-18,20,25H,4-5,7,9-11,14-15H2,1-3H3,(H,26,27)/b8-6-,13-12+/t16-,17-,18-,20-/m1/s1. The van der Waals surface area contributed by atoms with Gasteiger partial charge in [-0.05, 0) is 31.1 Å². The molecule has 0 heterocycles. The molecule has 0 bridgehead atoms. The van der Waals surface area contributed by atoms with Crippen molar-refractivity contribution in [3.63, 3.8) is 0 Å². The van der Waals surface area contributed by atoms with E-state index in [0.29, 0.717) is 19.3 Å². The first-order valence-corrected chi connectivity index (χ1v) is 10.1. The molecule has 1 aliphatic rings. The molecule has 2 N–H and O–H groups in total. The van der Waals surface area contributed by atoms with Gasteiger partial charge in [0, 0.05) is 24.7 Å². The second-order valence-corrected chi connectivity index (χ2v) is 8.29. The summed E-state index contributed by atoms with van der Waals surface area (Å²) in [6.45, 7) is 6.11. The lowest BCUT2D eigenvalue weighted by molar-refractivity contribution is -0.137. The summed E-state index contributed by atoms with van der Waals surface area (Å²) in [6.07, 6.45) is 9.88. The minimum absolute atomic E-state index is 0.0676. The topological polar surface area (TPSA) is 74.6 Å². The molecule has 4 nitrogen and oxygen atoms in total. The summed E-state index contributed by atoms with van der Waals surface area (Å²) in [6, 6.07) is 0. The molecular weight excluding hydrogens is 347 g/mol. The Kier molecular flexibility index (Phi) is 9.92. The normalized spacial score (nSPS) is 24.9. The first-order chi connectivity index (χ1) is 12.7. The molecule has 154 valence electrons. The van der Waals surface area contributed by atoms with Gasteiger partial charge in [0.1, 0.15) is 12.0 Å². The number of alkyl halides is 1. The molecule has 1 aliphatic carbocycles. The third kappa shape index (κ3) is 7.96.